The lowest BCUT2D eigenvalue weighted by Crippen LogP contribution is -2.58. The lowest BCUT2D eigenvalue weighted by Gasteiger charge is -2.46. The number of hydrogen-bond acceptors (Lipinski definition) is 5. The van der Waals surface area contributed by atoms with Crippen LogP contribution in [-0.4, -0.2) is 28.9 Å². The van der Waals surface area contributed by atoms with Crippen molar-refractivity contribution < 1.29 is 23.1 Å². The van der Waals surface area contributed by atoms with Crippen LogP contribution in [0.3, 0.4) is 0 Å². The maximum absolute atomic E-state index is 14.9. The first-order chi connectivity index (χ1) is 15.6. The molecule has 1 unspecified atom stereocenters. The molecule has 4 rings (SSSR count). The number of carbonyl (C=O) groups is 2. The van der Waals surface area contributed by atoms with Gasteiger partial charge in [0.05, 0.1) is 17.3 Å². The van der Waals surface area contributed by atoms with E-state index in [4.69, 9.17) is 10.5 Å². The van der Waals surface area contributed by atoms with Crippen molar-refractivity contribution in [3.8, 4) is 17.2 Å². The van der Waals surface area contributed by atoms with Crippen LogP contribution in [0.25, 0.3) is 17.2 Å². The van der Waals surface area contributed by atoms with Gasteiger partial charge >= 0.3 is 5.97 Å². The Morgan fingerprint density at radius 1 is 1.27 bits per heavy atom. The minimum Gasteiger partial charge on any atom is -0.461 e. The molecule has 1 amide bonds. The predicted molar refractivity (Wildman–Crippen MR) is 116 cm³/mol. The van der Waals surface area contributed by atoms with Gasteiger partial charge in [-0.05, 0) is 31.1 Å². The monoisotopic (exact) mass is 451 g/mol. The number of nitrogens with zero attached hydrogens (tertiary/aromatic N) is 2. The average Bonchev–Trinajstić information content (AvgIpc) is 3.04. The Morgan fingerprint density at radius 3 is 2.64 bits per heavy atom. The highest BCUT2D eigenvalue weighted by molar-refractivity contribution is 6.04. The van der Waals surface area contributed by atoms with Crippen LogP contribution in [0.5, 0.6) is 0 Å². The number of ether oxygens (including phenoxy) is 1. The zero-order valence-corrected chi connectivity index (χ0v) is 18.2. The number of carbonyl (C=O) groups excluding carboxylic acids is 2. The van der Waals surface area contributed by atoms with Crippen LogP contribution in [0.2, 0.25) is 0 Å². The molecule has 33 heavy (non-hydrogen) atoms. The quantitative estimate of drug-likeness (QED) is 0.560. The van der Waals surface area contributed by atoms with Gasteiger partial charge in [-0.2, -0.15) is 5.26 Å². The number of aromatic nitrogens is 1. The highest BCUT2D eigenvalue weighted by Gasteiger charge is 2.70. The number of halogens is 2. The van der Waals surface area contributed by atoms with Crippen LogP contribution in [0.4, 0.5) is 8.78 Å². The van der Waals surface area contributed by atoms with Gasteiger partial charge in [0.25, 0.3) is 5.92 Å². The predicted octanol–water partition coefficient (Wildman–Crippen LogP) is 3.96. The molecule has 0 spiro atoms. The summed E-state index contributed by atoms with van der Waals surface area (Å²) < 4.78 is 35.1. The second-order valence-electron chi connectivity index (χ2n) is 8.76. The number of nitriles is 1. The van der Waals surface area contributed by atoms with Crippen molar-refractivity contribution in [1.82, 2.24) is 4.98 Å². The van der Waals surface area contributed by atoms with E-state index in [9.17, 15) is 23.6 Å². The maximum atomic E-state index is 14.9. The summed E-state index contributed by atoms with van der Waals surface area (Å²) in [6.45, 7) is 3.01. The molecule has 2 aromatic rings. The topological polar surface area (TPSA) is 106 Å². The van der Waals surface area contributed by atoms with Crippen molar-refractivity contribution in [2.75, 3.05) is 0 Å². The van der Waals surface area contributed by atoms with E-state index in [2.05, 4.69) is 11.1 Å². The fourth-order valence-corrected chi connectivity index (χ4v) is 5.18. The summed E-state index contributed by atoms with van der Waals surface area (Å²) in [4.78, 5) is 29.2. The molecule has 2 aliphatic rings. The van der Waals surface area contributed by atoms with Gasteiger partial charge in [0, 0.05) is 35.6 Å². The van der Waals surface area contributed by atoms with E-state index in [0.29, 0.717) is 11.3 Å². The van der Waals surface area contributed by atoms with Crippen LogP contribution < -0.4 is 5.73 Å². The van der Waals surface area contributed by atoms with Gasteiger partial charge < -0.3 is 10.5 Å². The smallest absolute Gasteiger partial charge is 0.322 e. The largest absolute Gasteiger partial charge is 0.461 e. The fraction of sp³-hybridized carbons (Fsp3) is 0.360. The highest BCUT2D eigenvalue weighted by Crippen LogP contribution is 2.59. The summed E-state index contributed by atoms with van der Waals surface area (Å²) in [6.07, 6.45) is 3.11. The van der Waals surface area contributed by atoms with E-state index in [0.717, 1.165) is 11.1 Å². The first kappa shape index (κ1) is 22.6. The lowest BCUT2D eigenvalue weighted by atomic mass is 9.56. The third kappa shape index (κ3) is 3.58. The maximum Gasteiger partial charge on any atom is 0.322 e. The Balaban J connectivity index is 1.67. The molecule has 0 bridgehead atoms. The minimum absolute atomic E-state index is 0.511. The second kappa shape index (κ2) is 8.07. The molecule has 2 N–H and O–H groups in total. The molecular formula is C25H23F2N3O3. The molecule has 170 valence electrons. The SMILES string of the molecule is C[C@H]1OC(=O)C2(C(N)=O)CC(F)(F)[C@@H](C)[C@H](/C=C/c3ccc(-c4ccccc4C#N)cn3)[C@H]12. The Kier molecular flexibility index (Phi) is 5.52. The summed E-state index contributed by atoms with van der Waals surface area (Å²) in [5.74, 6) is -8.09. The Morgan fingerprint density at radius 2 is 2.00 bits per heavy atom. The second-order valence-corrected chi connectivity index (χ2v) is 8.76. The first-order valence-electron chi connectivity index (χ1n) is 10.6. The molecule has 8 heteroatoms. The normalized spacial score (nSPS) is 30.5. The number of hydrogen-bond donors (Lipinski definition) is 1. The molecule has 1 saturated carbocycles. The van der Waals surface area contributed by atoms with E-state index in [1.807, 2.05) is 12.1 Å². The molecule has 2 fully saturated rings. The van der Waals surface area contributed by atoms with Crippen LogP contribution in [0.1, 0.15) is 31.5 Å². The molecule has 1 aromatic heterocycles. The number of nitrogens with two attached hydrogens (primary N) is 1. The van der Waals surface area contributed by atoms with Crippen LogP contribution in [0.15, 0.2) is 48.7 Å². The molecule has 1 saturated heterocycles. The molecule has 5 atom stereocenters. The third-order valence-corrected chi connectivity index (χ3v) is 6.98. The van der Waals surface area contributed by atoms with Gasteiger partial charge in [0.15, 0.2) is 5.41 Å². The number of primary amides is 1. The zero-order valence-electron chi connectivity index (χ0n) is 18.2. The molecule has 1 aromatic carbocycles. The number of cyclic esters (lactones) is 1. The van der Waals surface area contributed by atoms with Gasteiger partial charge in [0.1, 0.15) is 6.10 Å². The number of amides is 1. The molecule has 0 radical (unpaired) electrons. The van der Waals surface area contributed by atoms with E-state index in [1.165, 1.54) is 6.92 Å². The number of rotatable bonds is 4. The van der Waals surface area contributed by atoms with Gasteiger partial charge in [-0.15, -0.1) is 0 Å². The minimum atomic E-state index is -3.28. The average molecular weight is 451 g/mol. The Hall–Kier alpha value is -3.60. The lowest BCUT2D eigenvalue weighted by molar-refractivity contribution is -0.177. The summed E-state index contributed by atoms with van der Waals surface area (Å²) in [5, 5.41) is 9.29. The van der Waals surface area contributed by atoms with Crippen LogP contribution >= 0.6 is 0 Å². The molecule has 1 aliphatic heterocycles. The van der Waals surface area contributed by atoms with E-state index < -0.39 is 53.5 Å². The van der Waals surface area contributed by atoms with Gasteiger partial charge in [0.2, 0.25) is 5.91 Å². The summed E-state index contributed by atoms with van der Waals surface area (Å²) >= 11 is 0. The van der Waals surface area contributed by atoms with Crippen molar-refractivity contribution in [2.45, 2.75) is 32.3 Å². The van der Waals surface area contributed by atoms with Crippen molar-refractivity contribution in [3.05, 3.63) is 59.9 Å². The Labute approximate surface area is 190 Å². The molecule has 2 heterocycles. The zero-order chi connectivity index (χ0) is 24.0. The van der Waals surface area contributed by atoms with Gasteiger partial charge in [-0.3, -0.25) is 14.6 Å². The summed E-state index contributed by atoms with van der Waals surface area (Å²) in [7, 11) is 0. The van der Waals surface area contributed by atoms with Gasteiger partial charge in [-0.1, -0.05) is 37.3 Å². The van der Waals surface area contributed by atoms with Crippen molar-refractivity contribution in [3.63, 3.8) is 0 Å². The molecule has 1 aliphatic carbocycles. The fourth-order valence-electron chi connectivity index (χ4n) is 5.18. The molecule has 6 nitrogen and oxygen atoms in total. The number of fused-ring (bicyclic) bond motifs is 1. The van der Waals surface area contributed by atoms with Gasteiger partial charge in [-0.25, -0.2) is 8.78 Å². The number of esters is 1. The number of pyridine rings is 1. The van der Waals surface area contributed by atoms with Crippen molar-refractivity contribution >= 4 is 18.0 Å². The van der Waals surface area contributed by atoms with Crippen LogP contribution in [0, 0.1) is 34.5 Å². The standard InChI is InChI=1S/C25H23F2N3O3/c1-14-19(21-15(2)33-23(32)24(21,22(29)31)13-25(14,26)27)10-9-18-8-7-17(12-30-18)20-6-4-3-5-16(20)11-28/h3-10,12,14-15,19,21H,13H2,1-2H3,(H2,29,31)/b10-9+/t14-,15+,19-,21-,24?/m0/s1. The number of alkyl halides is 2. The number of benzene rings is 1. The summed E-state index contributed by atoms with van der Waals surface area (Å²) in [5.41, 5.74) is 5.96. The van der Waals surface area contributed by atoms with E-state index in [-0.39, 0.29) is 0 Å². The van der Waals surface area contributed by atoms with E-state index in [1.54, 1.807) is 49.5 Å². The molecular weight excluding hydrogens is 428 g/mol. The highest BCUT2D eigenvalue weighted by atomic mass is 19.3. The number of allylic oxidation sites excluding steroid dienone is 1. The summed E-state index contributed by atoms with van der Waals surface area (Å²) in [6, 6.07) is 12.8. The van der Waals surface area contributed by atoms with E-state index >= 15 is 0 Å². The third-order valence-electron chi connectivity index (χ3n) is 6.98. The van der Waals surface area contributed by atoms with Crippen molar-refractivity contribution in [2.24, 2.45) is 28.9 Å². The first-order valence-corrected chi connectivity index (χ1v) is 10.6. The van der Waals surface area contributed by atoms with Crippen LogP contribution in [-0.2, 0) is 14.3 Å². The van der Waals surface area contributed by atoms with Crippen molar-refractivity contribution in [1.29, 1.82) is 5.26 Å². The Bertz CT molecular complexity index is 1170.